The molecule has 0 aliphatic rings. The predicted octanol–water partition coefficient (Wildman–Crippen LogP) is 5.93. The molecule has 0 unspecified atom stereocenters. The zero-order chi connectivity index (χ0) is 17.6. The van der Waals surface area contributed by atoms with Crippen LogP contribution in [0, 0.1) is 11.3 Å². The molecule has 0 N–H and O–H groups in total. The number of hydrogen-bond acceptors (Lipinski definition) is 4. The Labute approximate surface area is 155 Å². The highest BCUT2D eigenvalue weighted by Crippen LogP contribution is 2.29. The fourth-order valence-corrected chi connectivity index (χ4v) is 3.29. The molecule has 1 aromatic heterocycles. The van der Waals surface area contributed by atoms with Crippen molar-refractivity contribution < 1.29 is 4.74 Å². The normalized spacial score (nSPS) is 11.2. The van der Waals surface area contributed by atoms with Gasteiger partial charge in [-0.15, -0.1) is 11.3 Å². The number of aromatic nitrogens is 1. The maximum absolute atomic E-state index is 9.50. The van der Waals surface area contributed by atoms with Crippen molar-refractivity contribution in [1.82, 2.24) is 4.98 Å². The molecule has 0 atom stereocenters. The minimum absolute atomic E-state index is 0.496. The molecule has 124 valence electrons. The number of hydrogen-bond donors (Lipinski definition) is 0. The molecule has 3 nitrogen and oxygen atoms in total. The van der Waals surface area contributed by atoms with Gasteiger partial charge in [-0.25, -0.2) is 4.98 Å². The van der Waals surface area contributed by atoms with Gasteiger partial charge in [-0.2, -0.15) is 5.26 Å². The first-order valence-corrected chi connectivity index (χ1v) is 9.02. The Morgan fingerprint density at radius 3 is 2.68 bits per heavy atom. The number of nitriles is 1. The summed E-state index contributed by atoms with van der Waals surface area (Å²) in [6.45, 7) is 2.59. The van der Waals surface area contributed by atoms with Crippen LogP contribution < -0.4 is 4.74 Å². The summed E-state index contributed by atoms with van der Waals surface area (Å²) in [7, 11) is 0. The van der Waals surface area contributed by atoms with Gasteiger partial charge in [-0.1, -0.05) is 29.8 Å². The highest BCUT2D eigenvalue weighted by atomic mass is 35.5. The zero-order valence-electron chi connectivity index (χ0n) is 13.6. The third kappa shape index (κ3) is 4.08. The van der Waals surface area contributed by atoms with Crippen LogP contribution in [0.1, 0.15) is 17.5 Å². The lowest BCUT2D eigenvalue weighted by atomic mass is 10.1. The molecule has 0 spiro atoms. The largest absolute Gasteiger partial charge is 0.494 e. The van der Waals surface area contributed by atoms with E-state index in [0.29, 0.717) is 22.2 Å². The Bertz CT molecular complexity index is 939. The van der Waals surface area contributed by atoms with E-state index < -0.39 is 0 Å². The molecule has 1 heterocycles. The van der Waals surface area contributed by atoms with E-state index in [0.717, 1.165) is 22.6 Å². The van der Waals surface area contributed by atoms with Crippen molar-refractivity contribution >= 4 is 34.6 Å². The number of ether oxygens (including phenoxy) is 1. The second-order valence-corrected chi connectivity index (χ2v) is 6.45. The lowest BCUT2D eigenvalue weighted by Crippen LogP contribution is -1.90. The summed E-state index contributed by atoms with van der Waals surface area (Å²) in [5.74, 6) is 0.832. The van der Waals surface area contributed by atoms with Crippen LogP contribution in [0.25, 0.3) is 22.9 Å². The van der Waals surface area contributed by atoms with Crippen LogP contribution in [-0.2, 0) is 0 Å². The topological polar surface area (TPSA) is 45.9 Å². The standard InChI is InChI=1S/C20H15ClN2OS/c1-2-24-17-9-7-14(8-10-17)19-13-25-20(23-19)16(12-22)11-15-5-3-4-6-18(15)21/h3-11,13H,2H2,1H3. The third-order valence-corrected chi connectivity index (χ3v) is 4.74. The summed E-state index contributed by atoms with van der Waals surface area (Å²) in [6.07, 6.45) is 1.77. The first kappa shape index (κ1) is 17.2. The minimum atomic E-state index is 0.496. The minimum Gasteiger partial charge on any atom is -0.494 e. The van der Waals surface area contributed by atoms with Crippen LogP contribution in [0.4, 0.5) is 0 Å². The molecular weight excluding hydrogens is 352 g/mol. The first-order valence-electron chi connectivity index (χ1n) is 7.76. The molecule has 2 aromatic carbocycles. The van der Waals surface area contributed by atoms with Gasteiger partial charge >= 0.3 is 0 Å². The average Bonchev–Trinajstić information content (AvgIpc) is 3.12. The van der Waals surface area contributed by atoms with E-state index in [1.54, 1.807) is 12.1 Å². The van der Waals surface area contributed by atoms with Crippen molar-refractivity contribution in [2.75, 3.05) is 6.61 Å². The van der Waals surface area contributed by atoms with Crippen LogP contribution in [-0.4, -0.2) is 11.6 Å². The van der Waals surface area contributed by atoms with E-state index in [1.165, 1.54) is 11.3 Å². The summed E-state index contributed by atoms with van der Waals surface area (Å²) in [5, 5.41) is 12.7. The van der Waals surface area contributed by atoms with Crippen molar-refractivity contribution in [3.8, 4) is 23.1 Å². The van der Waals surface area contributed by atoms with Crippen molar-refractivity contribution in [2.24, 2.45) is 0 Å². The molecule has 3 aromatic rings. The second-order valence-electron chi connectivity index (χ2n) is 5.19. The molecule has 0 saturated carbocycles. The van der Waals surface area contributed by atoms with Gasteiger partial charge in [0, 0.05) is 16.0 Å². The number of rotatable bonds is 5. The number of halogens is 1. The van der Waals surface area contributed by atoms with Crippen LogP contribution in [0.5, 0.6) is 5.75 Å². The molecule has 0 aliphatic carbocycles. The predicted molar refractivity (Wildman–Crippen MR) is 104 cm³/mol. The summed E-state index contributed by atoms with van der Waals surface area (Å²) < 4.78 is 5.45. The van der Waals surface area contributed by atoms with Crippen molar-refractivity contribution in [3.05, 3.63) is 69.5 Å². The van der Waals surface area contributed by atoms with Gasteiger partial charge in [0.1, 0.15) is 16.8 Å². The van der Waals surface area contributed by atoms with Crippen LogP contribution in [0.2, 0.25) is 5.02 Å². The zero-order valence-corrected chi connectivity index (χ0v) is 15.1. The van der Waals surface area contributed by atoms with Gasteiger partial charge in [-0.3, -0.25) is 0 Å². The van der Waals surface area contributed by atoms with Gasteiger partial charge in [-0.05, 0) is 48.9 Å². The maximum atomic E-state index is 9.50. The smallest absolute Gasteiger partial charge is 0.134 e. The van der Waals surface area contributed by atoms with Gasteiger partial charge < -0.3 is 4.74 Å². The van der Waals surface area contributed by atoms with E-state index in [-0.39, 0.29) is 0 Å². The number of nitrogens with zero attached hydrogens (tertiary/aromatic N) is 2. The molecule has 5 heteroatoms. The highest BCUT2D eigenvalue weighted by Gasteiger charge is 2.10. The molecule has 0 amide bonds. The Kier molecular flexibility index (Phi) is 5.49. The van der Waals surface area contributed by atoms with Crippen molar-refractivity contribution in [2.45, 2.75) is 6.92 Å². The molecule has 25 heavy (non-hydrogen) atoms. The average molecular weight is 367 g/mol. The van der Waals surface area contributed by atoms with E-state index >= 15 is 0 Å². The Morgan fingerprint density at radius 2 is 2.00 bits per heavy atom. The summed E-state index contributed by atoms with van der Waals surface area (Å²) >= 11 is 7.61. The summed E-state index contributed by atoms with van der Waals surface area (Å²) in [4.78, 5) is 4.60. The Balaban J connectivity index is 1.89. The van der Waals surface area contributed by atoms with Crippen LogP contribution in [0.15, 0.2) is 53.9 Å². The van der Waals surface area contributed by atoms with E-state index in [4.69, 9.17) is 16.3 Å². The lowest BCUT2D eigenvalue weighted by molar-refractivity contribution is 0.340. The van der Waals surface area contributed by atoms with Crippen LogP contribution in [0.3, 0.4) is 0 Å². The third-order valence-electron chi connectivity index (χ3n) is 3.52. The first-order chi connectivity index (χ1) is 12.2. The van der Waals surface area contributed by atoms with Gasteiger partial charge in [0.25, 0.3) is 0 Å². The molecule has 0 fully saturated rings. The number of benzene rings is 2. The SMILES string of the molecule is CCOc1ccc(-c2csc(C(C#N)=Cc3ccccc3Cl)n2)cc1. The summed E-state index contributed by atoms with van der Waals surface area (Å²) in [5.41, 5.74) is 3.12. The molecule has 0 saturated heterocycles. The number of allylic oxidation sites excluding steroid dienone is 1. The van der Waals surface area contributed by atoms with E-state index in [2.05, 4.69) is 11.1 Å². The second kappa shape index (κ2) is 7.98. The highest BCUT2D eigenvalue weighted by molar-refractivity contribution is 7.11. The van der Waals surface area contributed by atoms with Gasteiger partial charge in [0.2, 0.25) is 0 Å². The lowest BCUT2D eigenvalue weighted by Gasteiger charge is -2.03. The van der Waals surface area contributed by atoms with Crippen LogP contribution >= 0.6 is 22.9 Å². The van der Waals surface area contributed by atoms with Gasteiger partial charge in [0.05, 0.1) is 17.9 Å². The van der Waals surface area contributed by atoms with Gasteiger partial charge in [0.15, 0.2) is 0 Å². The Morgan fingerprint density at radius 1 is 1.24 bits per heavy atom. The molecular formula is C20H15ClN2OS. The monoisotopic (exact) mass is 366 g/mol. The molecule has 0 aliphatic heterocycles. The number of thiazole rings is 1. The fraction of sp³-hybridized carbons (Fsp3) is 0.100. The molecule has 0 radical (unpaired) electrons. The summed E-state index contributed by atoms with van der Waals surface area (Å²) in [6, 6.07) is 17.4. The van der Waals surface area contributed by atoms with Crippen molar-refractivity contribution in [1.29, 1.82) is 5.26 Å². The maximum Gasteiger partial charge on any atom is 0.134 e. The Hall–Kier alpha value is -2.61. The fourth-order valence-electron chi connectivity index (χ4n) is 2.31. The quantitative estimate of drug-likeness (QED) is 0.526. The van der Waals surface area contributed by atoms with E-state index in [9.17, 15) is 5.26 Å². The van der Waals surface area contributed by atoms with E-state index in [1.807, 2.05) is 54.8 Å². The molecule has 0 bridgehead atoms. The van der Waals surface area contributed by atoms with Crippen molar-refractivity contribution in [3.63, 3.8) is 0 Å². The molecule has 3 rings (SSSR count).